The molecule has 110 valence electrons. The van der Waals surface area contributed by atoms with Gasteiger partial charge in [-0.15, -0.1) is 5.10 Å². The molecule has 3 aromatic rings. The lowest BCUT2D eigenvalue weighted by Gasteiger charge is -2.01. The molecule has 0 radical (unpaired) electrons. The minimum atomic E-state index is -0.224. The first-order valence-electron chi connectivity index (χ1n) is 6.99. The quantitative estimate of drug-likeness (QED) is 0.777. The topological polar surface area (TPSA) is 70.7 Å². The van der Waals surface area contributed by atoms with Crippen LogP contribution in [-0.2, 0) is 0 Å². The smallest absolute Gasteiger partial charge is 0.258 e. The van der Waals surface area contributed by atoms with Gasteiger partial charge in [-0.2, -0.15) is 4.98 Å². The largest absolute Gasteiger partial charge is 0.289 e. The third kappa shape index (κ3) is 3.03. The molecule has 0 fully saturated rings. The second-order valence-electron chi connectivity index (χ2n) is 5.20. The van der Waals surface area contributed by atoms with Gasteiger partial charge < -0.3 is 0 Å². The highest BCUT2D eigenvalue weighted by atomic mass is 16.1. The molecule has 0 aliphatic rings. The second kappa shape index (κ2) is 5.81. The summed E-state index contributed by atoms with van der Waals surface area (Å²) in [6.07, 6.45) is 0. The average Bonchev–Trinajstić information content (AvgIpc) is 2.96. The van der Waals surface area contributed by atoms with Gasteiger partial charge in [0.15, 0.2) is 5.82 Å². The highest BCUT2D eigenvalue weighted by Gasteiger charge is 2.10. The van der Waals surface area contributed by atoms with Crippen molar-refractivity contribution in [3.8, 4) is 11.4 Å². The summed E-state index contributed by atoms with van der Waals surface area (Å²) in [5, 5.41) is 9.56. The summed E-state index contributed by atoms with van der Waals surface area (Å²) in [6.45, 7) is 3.97. The molecule has 2 N–H and O–H groups in total. The fourth-order valence-electron chi connectivity index (χ4n) is 2.12. The molecule has 0 unspecified atom stereocenters. The summed E-state index contributed by atoms with van der Waals surface area (Å²) in [5.41, 5.74) is 3.72. The molecule has 1 heterocycles. The Morgan fingerprint density at radius 1 is 1.05 bits per heavy atom. The zero-order chi connectivity index (χ0) is 15.5. The van der Waals surface area contributed by atoms with Crippen LogP contribution in [0.4, 0.5) is 5.95 Å². The molecule has 5 heteroatoms. The van der Waals surface area contributed by atoms with Gasteiger partial charge in [-0.05, 0) is 26.0 Å². The van der Waals surface area contributed by atoms with Crippen molar-refractivity contribution in [1.82, 2.24) is 15.2 Å². The monoisotopic (exact) mass is 292 g/mol. The lowest BCUT2D eigenvalue weighted by atomic mass is 10.1. The van der Waals surface area contributed by atoms with E-state index in [2.05, 4.69) is 20.5 Å². The number of aromatic amines is 1. The van der Waals surface area contributed by atoms with E-state index in [9.17, 15) is 4.79 Å². The second-order valence-corrected chi connectivity index (χ2v) is 5.20. The van der Waals surface area contributed by atoms with Crippen LogP contribution in [0.3, 0.4) is 0 Å². The molecule has 0 aliphatic heterocycles. The number of carbonyl (C=O) groups is 1. The summed E-state index contributed by atoms with van der Waals surface area (Å²) in [7, 11) is 0. The minimum Gasteiger partial charge on any atom is -0.289 e. The van der Waals surface area contributed by atoms with Crippen LogP contribution in [0.15, 0.2) is 48.5 Å². The predicted molar refractivity (Wildman–Crippen MR) is 85.7 cm³/mol. The lowest BCUT2D eigenvalue weighted by Crippen LogP contribution is -2.13. The fourth-order valence-corrected chi connectivity index (χ4v) is 2.12. The number of carbonyl (C=O) groups excluding carboxylic acids is 1. The van der Waals surface area contributed by atoms with Crippen LogP contribution in [0, 0.1) is 13.8 Å². The van der Waals surface area contributed by atoms with Gasteiger partial charge in [0.2, 0.25) is 5.95 Å². The third-order valence-corrected chi connectivity index (χ3v) is 3.32. The first kappa shape index (κ1) is 14.0. The van der Waals surface area contributed by atoms with Gasteiger partial charge in [0.05, 0.1) is 0 Å². The molecule has 22 heavy (non-hydrogen) atoms. The number of H-pyrrole nitrogens is 1. The third-order valence-electron chi connectivity index (χ3n) is 3.32. The van der Waals surface area contributed by atoms with Crippen molar-refractivity contribution in [2.24, 2.45) is 0 Å². The summed E-state index contributed by atoms with van der Waals surface area (Å²) >= 11 is 0. The van der Waals surface area contributed by atoms with Gasteiger partial charge in [0.25, 0.3) is 5.91 Å². The summed E-state index contributed by atoms with van der Waals surface area (Å²) < 4.78 is 0. The first-order chi connectivity index (χ1) is 10.6. The maximum absolute atomic E-state index is 12.2. The van der Waals surface area contributed by atoms with E-state index in [1.165, 1.54) is 5.56 Å². The van der Waals surface area contributed by atoms with Gasteiger partial charge >= 0.3 is 0 Å². The molecule has 0 aliphatic carbocycles. The Hall–Kier alpha value is -2.95. The van der Waals surface area contributed by atoms with Crippen LogP contribution in [0.25, 0.3) is 11.4 Å². The van der Waals surface area contributed by atoms with Crippen molar-refractivity contribution in [3.63, 3.8) is 0 Å². The molecule has 3 rings (SSSR count). The van der Waals surface area contributed by atoms with Gasteiger partial charge in [0, 0.05) is 11.1 Å². The number of aromatic nitrogens is 3. The molecule has 1 amide bonds. The summed E-state index contributed by atoms with van der Waals surface area (Å²) in [5.74, 6) is 0.666. The van der Waals surface area contributed by atoms with Crippen LogP contribution in [0.2, 0.25) is 0 Å². The van der Waals surface area contributed by atoms with Gasteiger partial charge in [0.1, 0.15) is 0 Å². The fraction of sp³-hybridized carbons (Fsp3) is 0.118. The number of hydrogen-bond acceptors (Lipinski definition) is 3. The Kier molecular flexibility index (Phi) is 3.70. The van der Waals surface area contributed by atoms with E-state index in [0.717, 1.165) is 11.1 Å². The Labute approximate surface area is 128 Å². The highest BCUT2D eigenvalue weighted by Crippen LogP contribution is 2.16. The molecule has 0 spiro atoms. The number of benzene rings is 2. The molecule has 0 bridgehead atoms. The lowest BCUT2D eigenvalue weighted by molar-refractivity contribution is 0.102. The zero-order valence-corrected chi connectivity index (χ0v) is 12.4. The number of amides is 1. The molecular formula is C17H16N4O. The van der Waals surface area contributed by atoms with Crippen molar-refractivity contribution in [2.45, 2.75) is 13.8 Å². The first-order valence-corrected chi connectivity index (χ1v) is 6.99. The molecule has 0 saturated heterocycles. The van der Waals surface area contributed by atoms with Crippen LogP contribution in [-0.4, -0.2) is 21.1 Å². The van der Waals surface area contributed by atoms with Crippen LogP contribution in [0.5, 0.6) is 0 Å². The minimum absolute atomic E-state index is 0.224. The van der Waals surface area contributed by atoms with Gasteiger partial charge in [-0.3, -0.25) is 15.2 Å². The van der Waals surface area contributed by atoms with E-state index in [-0.39, 0.29) is 11.9 Å². The van der Waals surface area contributed by atoms with E-state index in [4.69, 9.17) is 0 Å². The number of hydrogen-bond donors (Lipinski definition) is 2. The number of nitrogens with one attached hydrogen (secondary N) is 2. The predicted octanol–water partition coefficient (Wildman–Crippen LogP) is 3.34. The van der Waals surface area contributed by atoms with Gasteiger partial charge in [-0.1, -0.05) is 47.5 Å². The number of nitrogens with zero attached hydrogens (tertiary/aromatic N) is 2. The molecule has 2 aromatic carbocycles. The molecule has 1 aromatic heterocycles. The van der Waals surface area contributed by atoms with Crippen molar-refractivity contribution >= 4 is 11.9 Å². The molecule has 0 atom stereocenters. The summed E-state index contributed by atoms with van der Waals surface area (Å²) in [6, 6.07) is 15.3. The van der Waals surface area contributed by atoms with E-state index in [1.54, 1.807) is 6.07 Å². The van der Waals surface area contributed by atoms with Crippen molar-refractivity contribution in [1.29, 1.82) is 0 Å². The van der Waals surface area contributed by atoms with Crippen molar-refractivity contribution in [2.75, 3.05) is 5.32 Å². The van der Waals surface area contributed by atoms with E-state index in [1.807, 2.05) is 56.3 Å². The number of aryl methyl sites for hydroxylation is 2. The Bertz CT molecular complexity index is 806. The standard InChI is InChI=1S/C17H16N4O/c1-11-6-8-13(9-7-11)15-18-17(21-20-15)19-16(22)14-5-3-4-12(2)10-14/h3-10H,1-2H3,(H2,18,19,20,21,22). The maximum Gasteiger partial charge on any atom is 0.258 e. The van der Waals surface area contributed by atoms with Crippen LogP contribution < -0.4 is 5.32 Å². The SMILES string of the molecule is Cc1ccc(-c2nc(NC(=O)c3cccc(C)c3)n[nH]2)cc1. The van der Waals surface area contributed by atoms with Gasteiger partial charge in [-0.25, -0.2) is 0 Å². The maximum atomic E-state index is 12.2. The Balaban J connectivity index is 1.77. The van der Waals surface area contributed by atoms with E-state index < -0.39 is 0 Å². The van der Waals surface area contributed by atoms with Crippen LogP contribution in [0.1, 0.15) is 21.5 Å². The Morgan fingerprint density at radius 3 is 2.55 bits per heavy atom. The van der Waals surface area contributed by atoms with Crippen molar-refractivity contribution in [3.05, 3.63) is 65.2 Å². The normalized spacial score (nSPS) is 10.5. The summed E-state index contributed by atoms with van der Waals surface area (Å²) in [4.78, 5) is 16.5. The molecule has 5 nitrogen and oxygen atoms in total. The van der Waals surface area contributed by atoms with Crippen molar-refractivity contribution < 1.29 is 4.79 Å². The van der Waals surface area contributed by atoms with E-state index in [0.29, 0.717) is 11.4 Å². The number of anilines is 1. The zero-order valence-electron chi connectivity index (χ0n) is 12.4. The molecular weight excluding hydrogens is 276 g/mol. The Morgan fingerprint density at radius 2 is 1.82 bits per heavy atom. The average molecular weight is 292 g/mol. The van der Waals surface area contributed by atoms with E-state index >= 15 is 0 Å². The van der Waals surface area contributed by atoms with Crippen LogP contribution >= 0.6 is 0 Å². The highest BCUT2D eigenvalue weighted by molar-refractivity contribution is 6.03. The number of rotatable bonds is 3. The molecule has 0 saturated carbocycles.